The molecule has 0 amide bonds. The maximum Gasteiger partial charge on any atom is 0.235 e. The van der Waals surface area contributed by atoms with E-state index in [2.05, 4.69) is 0 Å². The number of ether oxygens (including phenoxy) is 3. The average Bonchev–Trinajstić information content (AvgIpc) is 2.80. The molecule has 1 heterocycles. The van der Waals surface area contributed by atoms with Gasteiger partial charge in [-0.3, -0.25) is 4.79 Å². The van der Waals surface area contributed by atoms with E-state index in [-0.39, 0.29) is 17.8 Å². The molecule has 0 aliphatic carbocycles. The van der Waals surface area contributed by atoms with Gasteiger partial charge in [0.05, 0.1) is 19.6 Å². The van der Waals surface area contributed by atoms with Crippen molar-refractivity contribution in [3.8, 4) is 28.6 Å². The summed E-state index contributed by atoms with van der Waals surface area (Å²) >= 11 is 0. The van der Waals surface area contributed by atoms with E-state index >= 15 is 0 Å². The van der Waals surface area contributed by atoms with Gasteiger partial charge in [0.15, 0.2) is 17.3 Å². The quantitative estimate of drug-likeness (QED) is 0.377. The van der Waals surface area contributed by atoms with E-state index in [1.807, 2.05) is 63.2 Å². The number of benzene rings is 3. The summed E-state index contributed by atoms with van der Waals surface area (Å²) in [5.41, 5.74) is 5.15. The zero-order valence-electron chi connectivity index (χ0n) is 18.9. The van der Waals surface area contributed by atoms with Crippen LogP contribution < -0.4 is 19.6 Å². The molecule has 32 heavy (non-hydrogen) atoms. The van der Waals surface area contributed by atoms with Gasteiger partial charge >= 0.3 is 0 Å². The molecule has 3 aromatic carbocycles. The molecule has 0 N–H and O–H groups in total. The summed E-state index contributed by atoms with van der Waals surface area (Å²) in [4.78, 5) is 13.5. The van der Waals surface area contributed by atoms with Crippen molar-refractivity contribution in [1.82, 2.24) is 0 Å². The van der Waals surface area contributed by atoms with Gasteiger partial charge in [-0.1, -0.05) is 24.3 Å². The SMILES string of the molecule is COc1ccc(-c2oc3cc(C)c(C)cc3c(=O)c2OCc2ccccc2C)cc1OC. The van der Waals surface area contributed by atoms with E-state index in [1.165, 1.54) is 0 Å². The van der Waals surface area contributed by atoms with Crippen molar-refractivity contribution >= 4 is 11.0 Å². The fourth-order valence-electron chi connectivity index (χ4n) is 3.65. The summed E-state index contributed by atoms with van der Waals surface area (Å²) in [6, 6.07) is 17.1. The number of aryl methyl sites for hydroxylation is 3. The van der Waals surface area contributed by atoms with Gasteiger partial charge in [0.1, 0.15) is 12.2 Å². The first-order chi connectivity index (χ1) is 15.4. The van der Waals surface area contributed by atoms with Gasteiger partial charge in [-0.2, -0.15) is 0 Å². The number of fused-ring (bicyclic) bond motifs is 1. The number of hydrogen-bond acceptors (Lipinski definition) is 5. The predicted molar refractivity (Wildman–Crippen MR) is 126 cm³/mol. The van der Waals surface area contributed by atoms with Crippen LogP contribution in [-0.4, -0.2) is 14.2 Å². The Morgan fingerprint density at radius 2 is 1.53 bits per heavy atom. The Balaban J connectivity index is 1.91. The van der Waals surface area contributed by atoms with Crippen LogP contribution in [0.25, 0.3) is 22.3 Å². The van der Waals surface area contributed by atoms with Crippen molar-refractivity contribution in [3.63, 3.8) is 0 Å². The minimum absolute atomic E-state index is 0.177. The highest BCUT2D eigenvalue weighted by Crippen LogP contribution is 2.37. The maximum atomic E-state index is 13.5. The molecule has 0 atom stereocenters. The van der Waals surface area contributed by atoms with Crippen LogP contribution in [0.2, 0.25) is 0 Å². The van der Waals surface area contributed by atoms with E-state index in [9.17, 15) is 4.79 Å². The Bertz CT molecular complexity index is 1350. The molecule has 4 rings (SSSR count). The third-order valence-electron chi connectivity index (χ3n) is 5.74. The van der Waals surface area contributed by atoms with Crippen LogP contribution >= 0.6 is 0 Å². The Hall–Kier alpha value is -3.73. The smallest absolute Gasteiger partial charge is 0.235 e. The van der Waals surface area contributed by atoms with Gasteiger partial charge < -0.3 is 18.6 Å². The molecule has 0 spiro atoms. The molecule has 0 aliphatic rings. The third kappa shape index (κ3) is 3.94. The molecule has 5 heteroatoms. The molecule has 0 bridgehead atoms. The summed E-state index contributed by atoms with van der Waals surface area (Å²) in [5.74, 6) is 1.67. The number of methoxy groups -OCH3 is 2. The highest BCUT2D eigenvalue weighted by Gasteiger charge is 2.20. The van der Waals surface area contributed by atoms with Crippen molar-refractivity contribution in [3.05, 3.63) is 87.1 Å². The summed E-state index contributed by atoms with van der Waals surface area (Å²) < 4.78 is 23.2. The minimum atomic E-state index is -0.201. The van der Waals surface area contributed by atoms with E-state index in [0.29, 0.717) is 33.8 Å². The van der Waals surface area contributed by atoms with E-state index in [1.54, 1.807) is 26.4 Å². The van der Waals surface area contributed by atoms with Crippen LogP contribution in [0.1, 0.15) is 22.3 Å². The maximum absolute atomic E-state index is 13.5. The Kier molecular flexibility index (Phi) is 5.91. The van der Waals surface area contributed by atoms with Gasteiger partial charge in [-0.15, -0.1) is 0 Å². The lowest BCUT2D eigenvalue weighted by Gasteiger charge is -2.15. The van der Waals surface area contributed by atoms with E-state index < -0.39 is 0 Å². The average molecular weight is 431 g/mol. The van der Waals surface area contributed by atoms with Crippen LogP contribution in [0.3, 0.4) is 0 Å². The fraction of sp³-hybridized carbons (Fsp3) is 0.222. The standard InChI is InChI=1S/C27H26O5/c1-16-8-6-7-9-20(16)15-31-27-25(28)21-12-17(2)18(3)13-23(21)32-26(27)19-10-11-22(29-4)24(14-19)30-5/h6-14H,15H2,1-5H3. The van der Waals surface area contributed by atoms with Crippen LogP contribution in [0.4, 0.5) is 0 Å². The van der Waals surface area contributed by atoms with E-state index in [4.69, 9.17) is 18.6 Å². The molecular weight excluding hydrogens is 404 g/mol. The molecule has 164 valence electrons. The normalized spacial score (nSPS) is 10.9. The first kappa shape index (κ1) is 21.5. The minimum Gasteiger partial charge on any atom is -0.493 e. The van der Waals surface area contributed by atoms with Gasteiger partial charge in [0, 0.05) is 5.56 Å². The van der Waals surface area contributed by atoms with Crippen molar-refractivity contribution in [1.29, 1.82) is 0 Å². The van der Waals surface area contributed by atoms with Gasteiger partial charge in [0.25, 0.3) is 0 Å². The molecular formula is C27H26O5. The lowest BCUT2D eigenvalue weighted by molar-refractivity contribution is 0.297. The van der Waals surface area contributed by atoms with Crippen molar-refractivity contribution in [2.75, 3.05) is 14.2 Å². The molecule has 0 unspecified atom stereocenters. The lowest BCUT2D eigenvalue weighted by Crippen LogP contribution is -2.11. The van der Waals surface area contributed by atoms with Gasteiger partial charge in [0.2, 0.25) is 11.2 Å². The van der Waals surface area contributed by atoms with Gasteiger partial charge in [-0.05, 0) is 73.4 Å². The second-order valence-electron chi connectivity index (χ2n) is 7.81. The molecule has 0 saturated carbocycles. The molecule has 1 aromatic heterocycles. The molecule has 0 aliphatic heterocycles. The monoisotopic (exact) mass is 430 g/mol. The number of hydrogen-bond donors (Lipinski definition) is 0. The number of rotatable bonds is 6. The van der Waals surface area contributed by atoms with Crippen molar-refractivity contribution in [2.24, 2.45) is 0 Å². The largest absolute Gasteiger partial charge is 0.493 e. The molecule has 0 fully saturated rings. The van der Waals surface area contributed by atoms with Gasteiger partial charge in [-0.25, -0.2) is 0 Å². The third-order valence-corrected chi connectivity index (χ3v) is 5.74. The zero-order valence-corrected chi connectivity index (χ0v) is 18.9. The summed E-state index contributed by atoms with van der Waals surface area (Å²) in [6.07, 6.45) is 0. The summed E-state index contributed by atoms with van der Waals surface area (Å²) in [7, 11) is 3.15. The Morgan fingerprint density at radius 1 is 0.812 bits per heavy atom. The second-order valence-corrected chi connectivity index (χ2v) is 7.81. The highest BCUT2D eigenvalue weighted by atomic mass is 16.5. The first-order valence-corrected chi connectivity index (χ1v) is 10.4. The van der Waals surface area contributed by atoms with Crippen LogP contribution in [-0.2, 0) is 6.61 Å². The van der Waals surface area contributed by atoms with Crippen LogP contribution in [0, 0.1) is 20.8 Å². The van der Waals surface area contributed by atoms with Crippen molar-refractivity contribution in [2.45, 2.75) is 27.4 Å². The Morgan fingerprint density at radius 3 is 2.25 bits per heavy atom. The highest BCUT2D eigenvalue weighted by molar-refractivity contribution is 5.83. The Labute approximate surface area is 187 Å². The zero-order chi connectivity index (χ0) is 22.8. The van der Waals surface area contributed by atoms with Crippen molar-refractivity contribution < 1.29 is 18.6 Å². The van der Waals surface area contributed by atoms with Crippen LogP contribution in [0.5, 0.6) is 17.2 Å². The molecule has 4 aromatic rings. The summed E-state index contributed by atoms with van der Waals surface area (Å²) in [5, 5.41) is 0.497. The predicted octanol–water partition coefficient (Wildman–Crippen LogP) is 5.98. The molecule has 5 nitrogen and oxygen atoms in total. The first-order valence-electron chi connectivity index (χ1n) is 10.4. The fourth-order valence-corrected chi connectivity index (χ4v) is 3.65. The van der Waals surface area contributed by atoms with E-state index in [0.717, 1.165) is 22.3 Å². The molecule has 0 radical (unpaired) electrons. The summed E-state index contributed by atoms with van der Waals surface area (Å²) in [6.45, 7) is 6.24. The molecule has 0 saturated heterocycles. The second kappa shape index (κ2) is 8.79. The lowest BCUT2D eigenvalue weighted by atomic mass is 10.0. The van der Waals surface area contributed by atoms with Crippen LogP contribution in [0.15, 0.2) is 63.8 Å². The topological polar surface area (TPSA) is 57.9 Å².